The number of aliphatic hydroxyl groups is 1. The lowest BCUT2D eigenvalue weighted by Gasteiger charge is -2.27. The number of ether oxygens (including phenoxy) is 1. The molecule has 0 saturated carbocycles. The fraction of sp³-hybridized carbons (Fsp3) is 0.500. The molecular weight excluding hydrogens is 190 g/mol. The summed E-state index contributed by atoms with van der Waals surface area (Å²) in [4.78, 5) is 0. The van der Waals surface area contributed by atoms with Crippen LogP contribution in [0.1, 0.15) is 17.5 Å². The van der Waals surface area contributed by atoms with E-state index < -0.39 is 0 Å². The van der Waals surface area contributed by atoms with E-state index in [-0.39, 0.29) is 12.1 Å². The summed E-state index contributed by atoms with van der Waals surface area (Å²) in [7, 11) is 3.56. The van der Waals surface area contributed by atoms with E-state index in [0.717, 1.165) is 18.6 Å². The van der Waals surface area contributed by atoms with Gasteiger partial charge in [-0.2, -0.15) is 0 Å². The van der Waals surface area contributed by atoms with E-state index in [1.165, 1.54) is 11.1 Å². The predicted molar refractivity (Wildman–Crippen MR) is 59.1 cm³/mol. The summed E-state index contributed by atoms with van der Waals surface area (Å²) in [6.07, 6.45) is 1.96. The Labute approximate surface area is 90.1 Å². The number of aryl methyl sites for hydroxylation is 1. The molecule has 3 nitrogen and oxygen atoms in total. The number of hydrogen-bond acceptors (Lipinski definition) is 3. The van der Waals surface area contributed by atoms with Gasteiger partial charge >= 0.3 is 0 Å². The van der Waals surface area contributed by atoms with Crippen molar-refractivity contribution in [3.8, 4) is 5.75 Å². The van der Waals surface area contributed by atoms with Crippen molar-refractivity contribution in [3.63, 3.8) is 0 Å². The molecule has 0 fully saturated rings. The Hall–Kier alpha value is -1.06. The number of rotatable bonds is 3. The van der Waals surface area contributed by atoms with Gasteiger partial charge in [-0.3, -0.25) is 0 Å². The zero-order chi connectivity index (χ0) is 10.9. The maximum absolute atomic E-state index is 9.52. The van der Waals surface area contributed by atoms with Crippen LogP contribution in [0.4, 0.5) is 0 Å². The quantitative estimate of drug-likeness (QED) is 0.778. The minimum atomic E-state index is -0.274. The van der Waals surface area contributed by atoms with Crippen molar-refractivity contribution >= 4 is 0 Å². The van der Waals surface area contributed by atoms with Crippen molar-refractivity contribution in [2.45, 2.75) is 18.4 Å². The minimum Gasteiger partial charge on any atom is -0.497 e. The number of aliphatic hydroxyl groups excluding tert-OH is 1. The number of hydrogen-bond donors (Lipinski definition) is 2. The summed E-state index contributed by atoms with van der Waals surface area (Å²) < 4.78 is 5.21. The van der Waals surface area contributed by atoms with E-state index in [9.17, 15) is 5.11 Å². The second-order valence-electron chi connectivity index (χ2n) is 4.01. The van der Waals surface area contributed by atoms with Gasteiger partial charge in [-0.15, -0.1) is 0 Å². The van der Waals surface area contributed by atoms with Crippen molar-refractivity contribution < 1.29 is 9.84 Å². The summed E-state index contributed by atoms with van der Waals surface area (Å²) in [5, 5.41) is 12.8. The van der Waals surface area contributed by atoms with Crippen LogP contribution in [0.2, 0.25) is 0 Å². The third-order valence-electron chi connectivity index (χ3n) is 3.40. The number of nitrogens with one attached hydrogen (secondary N) is 1. The molecule has 0 radical (unpaired) electrons. The summed E-state index contributed by atoms with van der Waals surface area (Å²) in [6, 6.07) is 6.08. The molecule has 1 aliphatic rings. The molecule has 0 bridgehead atoms. The first-order valence-corrected chi connectivity index (χ1v) is 5.23. The second kappa shape index (κ2) is 3.83. The van der Waals surface area contributed by atoms with Crippen LogP contribution in [0.5, 0.6) is 5.75 Å². The largest absolute Gasteiger partial charge is 0.497 e. The van der Waals surface area contributed by atoms with Gasteiger partial charge in [0.1, 0.15) is 5.75 Å². The summed E-state index contributed by atoms with van der Waals surface area (Å²) >= 11 is 0. The third kappa shape index (κ3) is 1.52. The van der Waals surface area contributed by atoms with Crippen LogP contribution in [0.25, 0.3) is 0 Å². The monoisotopic (exact) mass is 207 g/mol. The Kier molecular flexibility index (Phi) is 2.67. The first kappa shape index (κ1) is 10.5. The van der Waals surface area contributed by atoms with E-state index in [2.05, 4.69) is 11.4 Å². The van der Waals surface area contributed by atoms with Gasteiger partial charge in [0.05, 0.1) is 19.3 Å². The molecule has 1 aromatic carbocycles. The lowest BCUT2D eigenvalue weighted by Crippen LogP contribution is -2.41. The summed E-state index contributed by atoms with van der Waals surface area (Å²) in [5.74, 6) is 0.851. The van der Waals surface area contributed by atoms with Gasteiger partial charge in [0.25, 0.3) is 0 Å². The molecular formula is C12H17NO2. The van der Waals surface area contributed by atoms with Gasteiger partial charge < -0.3 is 15.2 Å². The molecule has 15 heavy (non-hydrogen) atoms. The number of benzene rings is 1. The highest BCUT2D eigenvalue weighted by Gasteiger charge is 2.36. The molecule has 0 spiro atoms. The van der Waals surface area contributed by atoms with Gasteiger partial charge in [0.2, 0.25) is 0 Å². The first-order valence-electron chi connectivity index (χ1n) is 5.23. The zero-order valence-electron chi connectivity index (χ0n) is 9.21. The zero-order valence-corrected chi connectivity index (χ0v) is 9.21. The van der Waals surface area contributed by atoms with Crippen LogP contribution in [0, 0.1) is 0 Å². The maximum atomic E-state index is 9.52. The molecule has 2 N–H and O–H groups in total. The molecule has 1 aliphatic carbocycles. The van der Waals surface area contributed by atoms with E-state index in [1.807, 2.05) is 19.2 Å². The normalized spacial score (nSPS) is 23.9. The van der Waals surface area contributed by atoms with Crippen LogP contribution in [-0.2, 0) is 12.0 Å². The van der Waals surface area contributed by atoms with Gasteiger partial charge in [-0.1, -0.05) is 6.07 Å². The van der Waals surface area contributed by atoms with Gasteiger partial charge in [0.15, 0.2) is 0 Å². The lowest BCUT2D eigenvalue weighted by atomic mass is 9.93. The maximum Gasteiger partial charge on any atom is 0.119 e. The molecule has 0 heterocycles. The van der Waals surface area contributed by atoms with E-state index in [1.54, 1.807) is 7.11 Å². The SMILES string of the molecule is CNC1(CO)CCc2ccc(OC)cc21. The average molecular weight is 207 g/mol. The molecule has 0 aromatic heterocycles. The molecule has 0 amide bonds. The average Bonchev–Trinajstić information content (AvgIpc) is 2.67. The van der Waals surface area contributed by atoms with Crippen molar-refractivity contribution in [2.24, 2.45) is 0 Å². The lowest BCUT2D eigenvalue weighted by molar-refractivity contribution is 0.169. The Morgan fingerprint density at radius 3 is 2.93 bits per heavy atom. The second-order valence-corrected chi connectivity index (χ2v) is 4.01. The summed E-state index contributed by atoms with van der Waals surface area (Å²) in [6.45, 7) is 0.129. The van der Waals surface area contributed by atoms with Crippen molar-refractivity contribution in [1.82, 2.24) is 5.32 Å². The third-order valence-corrected chi connectivity index (χ3v) is 3.40. The molecule has 0 saturated heterocycles. The molecule has 1 aromatic rings. The molecule has 2 rings (SSSR count). The van der Waals surface area contributed by atoms with Gasteiger partial charge in [-0.25, -0.2) is 0 Å². The fourth-order valence-electron chi connectivity index (χ4n) is 2.33. The Morgan fingerprint density at radius 1 is 1.53 bits per heavy atom. The van der Waals surface area contributed by atoms with E-state index in [4.69, 9.17) is 4.74 Å². The smallest absolute Gasteiger partial charge is 0.119 e. The molecule has 82 valence electrons. The molecule has 1 atom stereocenters. The number of likely N-dealkylation sites (N-methyl/N-ethyl adjacent to an activating group) is 1. The van der Waals surface area contributed by atoms with Crippen molar-refractivity contribution in [1.29, 1.82) is 0 Å². The number of methoxy groups -OCH3 is 1. The Bertz CT molecular complexity index is 359. The Balaban J connectivity index is 2.47. The minimum absolute atomic E-state index is 0.129. The first-order chi connectivity index (χ1) is 7.25. The molecule has 0 aliphatic heterocycles. The Morgan fingerprint density at radius 2 is 2.33 bits per heavy atom. The van der Waals surface area contributed by atoms with Gasteiger partial charge in [-0.05, 0) is 43.1 Å². The van der Waals surface area contributed by atoms with Crippen LogP contribution in [-0.4, -0.2) is 25.9 Å². The van der Waals surface area contributed by atoms with E-state index in [0.29, 0.717) is 0 Å². The number of fused-ring (bicyclic) bond motifs is 1. The van der Waals surface area contributed by atoms with E-state index >= 15 is 0 Å². The van der Waals surface area contributed by atoms with Crippen LogP contribution in [0.15, 0.2) is 18.2 Å². The van der Waals surface area contributed by atoms with Crippen molar-refractivity contribution in [2.75, 3.05) is 20.8 Å². The van der Waals surface area contributed by atoms with Crippen molar-refractivity contribution in [3.05, 3.63) is 29.3 Å². The van der Waals surface area contributed by atoms with Gasteiger partial charge in [0, 0.05) is 0 Å². The fourth-order valence-corrected chi connectivity index (χ4v) is 2.33. The highest BCUT2D eigenvalue weighted by atomic mass is 16.5. The topological polar surface area (TPSA) is 41.5 Å². The highest BCUT2D eigenvalue weighted by molar-refractivity contribution is 5.44. The van der Waals surface area contributed by atoms with Crippen LogP contribution < -0.4 is 10.1 Å². The molecule has 3 heteroatoms. The highest BCUT2D eigenvalue weighted by Crippen LogP contribution is 2.38. The van der Waals surface area contributed by atoms with Crippen LogP contribution >= 0.6 is 0 Å². The van der Waals surface area contributed by atoms with Crippen LogP contribution in [0.3, 0.4) is 0 Å². The standard InChI is InChI=1S/C12H17NO2/c1-13-12(8-14)6-5-9-3-4-10(15-2)7-11(9)12/h3-4,7,13-14H,5-6,8H2,1-2H3. The predicted octanol–water partition coefficient (Wildman–Crippen LogP) is 1.05. The molecule has 1 unspecified atom stereocenters. The summed E-state index contributed by atoms with van der Waals surface area (Å²) in [5.41, 5.74) is 2.20.